The molecule has 1 aliphatic rings. The van der Waals surface area contributed by atoms with E-state index in [1.165, 1.54) is 5.69 Å². The third kappa shape index (κ3) is 2.12. The predicted molar refractivity (Wildman–Crippen MR) is 63.4 cm³/mol. The number of halogens is 1. The Morgan fingerprint density at radius 3 is 3.00 bits per heavy atom. The van der Waals surface area contributed by atoms with Crippen LogP contribution in [0.25, 0.3) is 0 Å². The number of nitrogens with zero attached hydrogens (tertiary/aromatic N) is 5. The number of hydrogen-bond acceptors (Lipinski definition) is 4. The van der Waals surface area contributed by atoms with Crippen molar-refractivity contribution in [2.24, 2.45) is 7.05 Å². The van der Waals surface area contributed by atoms with Gasteiger partial charge in [-0.15, -0.1) is 5.10 Å². The molecule has 1 aliphatic heterocycles. The van der Waals surface area contributed by atoms with E-state index in [-0.39, 0.29) is 0 Å². The van der Waals surface area contributed by atoms with Crippen LogP contribution < -0.4 is 0 Å². The summed E-state index contributed by atoms with van der Waals surface area (Å²) in [5.74, 6) is 0. The SMILES string of the molecule is Cn1nc(Br)c(Cc2cc3n(n2)COCC3)n1. The van der Waals surface area contributed by atoms with Gasteiger partial charge in [0, 0.05) is 25.6 Å². The fourth-order valence-electron chi connectivity index (χ4n) is 1.95. The molecule has 17 heavy (non-hydrogen) atoms. The van der Waals surface area contributed by atoms with Crippen LogP contribution in [-0.4, -0.2) is 31.4 Å². The van der Waals surface area contributed by atoms with Crippen molar-refractivity contribution in [2.45, 2.75) is 19.6 Å². The van der Waals surface area contributed by atoms with Crippen LogP contribution >= 0.6 is 15.9 Å². The van der Waals surface area contributed by atoms with E-state index in [4.69, 9.17) is 4.74 Å². The van der Waals surface area contributed by atoms with Crippen molar-refractivity contribution in [2.75, 3.05) is 6.61 Å². The van der Waals surface area contributed by atoms with Crippen LogP contribution in [-0.2, 0) is 31.4 Å². The van der Waals surface area contributed by atoms with Crippen molar-refractivity contribution in [3.63, 3.8) is 0 Å². The molecule has 0 fully saturated rings. The second-order valence-electron chi connectivity index (χ2n) is 4.02. The molecule has 6 nitrogen and oxygen atoms in total. The zero-order valence-corrected chi connectivity index (χ0v) is 11.0. The standard InChI is InChI=1S/C10H12BrN5O/c1-15-13-9(10(11)14-15)5-7-4-8-2-3-17-6-16(8)12-7/h4H,2-3,5-6H2,1H3. The third-order valence-corrected chi connectivity index (χ3v) is 3.33. The molecule has 0 aromatic carbocycles. The van der Waals surface area contributed by atoms with Crippen molar-refractivity contribution in [1.29, 1.82) is 0 Å². The zero-order chi connectivity index (χ0) is 11.8. The summed E-state index contributed by atoms with van der Waals surface area (Å²) in [6.07, 6.45) is 1.61. The lowest BCUT2D eigenvalue weighted by Gasteiger charge is -2.12. The fourth-order valence-corrected chi connectivity index (χ4v) is 2.39. The first-order chi connectivity index (χ1) is 8.22. The predicted octanol–water partition coefficient (Wildman–Crippen LogP) is 0.895. The molecule has 3 rings (SSSR count). The Morgan fingerprint density at radius 1 is 1.41 bits per heavy atom. The van der Waals surface area contributed by atoms with Crippen molar-refractivity contribution >= 4 is 15.9 Å². The maximum atomic E-state index is 5.35. The van der Waals surface area contributed by atoms with E-state index >= 15 is 0 Å². The monoisotopic (exact) mass is 297 g/mol. The van der Waals surface area contributed by atoms with Gasteiger partial charge in [-0.2, -0.15) is 15.0 Å². The van der Waals surface area contributed by atoms with Crippen molar-refractivity contribution in [1.82, 2.24) is 24.8 Å². The van der Waals surface area contributed by atoms with Crippen LogP contribution in [0.3, 0.4) is 0 Å². The smallest absolute Gasteiger partial charge is 0.151 e. The summed E-state index contributed by atoms with van der Waals surface area (Å²) in [4.78, 5) is 1.55. The van der Waals surface area contributed by atoms with Gasteiger partial charge in [-0.25, -0.2) is 4.68 Å². The molecule has 3 heterocycles. The largest absolute Gasteiger partial charge is 0.359 e. The van der Waals surface area contributed by atoms with Gasteiger partial charge in [-0.05, 0) is 22.0 Å². The summed E-state index contributed by atoms with van der Waals surface area (Å²) in [6.45, 7) is 1.33. The van der Waals surface area contributed by atoms with Crippen molar-refractivity contribution in [3.8, 4) is 0 Å². The Morgan fingerprint density at radius 2 is 2.29 bits per heavy atom. The highest BCUT2D eigenvalue weighted by Crippen LogP contribution is 2.17. The van der Waals surface area contributed by atoms with Gasteiger partial charge in [-0.1, -0.05) is 0 Å². The number of hydrogen-bond donors (Lipinski definition) is 0. The maximum absolute atomic E-state index is 5.35. The van der Waals surface area contributed by atoms with Crippen LogP contribution in [0.1, 0.15) is 17.1 Å². The average molecular weight is 298 g/mol. The molecule has 0 N–H and O–H groups in total. The minimum absolute atomic E-state index is 0.553. The highest BCUT2D eigenvalue weighted by Gasteiger charge is 2.15. The molecular weight excluding hydrogens is 286 g/mol. The van der Waals surface area contributed by atoms with Crippen LogP contribution in [0, 0.1) is 0 Å². The first-order valence-electron chi connectivity index (χ1n) is 5.41. The van der Waals surface area contributed by atoms with Crippen LogP contribution in [0.15, 0.2) is 10.7 Å². The van der Waals surface area contributed by atoms with E-state index in [9.17, 15) is 0 Å². The molecule has 7 heteroatoms. The maximum Gasteiger partial charge on any atom is 0.151 e. The van der Waals surface area contributed by atoms with Crippen LogP contribution in [0.4, 0.5) is 0 Å². The molecule has 2 aromatic heterocycles. The second kappa shape index (κ2) is 4.23. The van der Waals surface area contributed by atoms with Gasteiger partial charge in [0.15, 0.2) is 4.60 Å². The van der Waals surface area contributed by atoms with Crippen molar-refractivity contribution in [3.05, 3.63) is 27.8 Å². The molecule has 2 aromatic rings. The van der Waals surface area contributed by atoms with Gasteiger partial charge in [0.2, 0.25) is 0 Å². The summed E-state index contributed by atoms with van der Waals surface area (Å²) >= 11 is 3.39. The Kier molecular flexibility index (Phi) is 2.71. The van der Waals surface area contributed by atoms with Crippen LogP contribution in [0.5, 0.6) is 0 Å². The normalized spacial score (nSPS) is 14.9. The van der Waals surface area contributed by atoms with E-state index in [0.717, 1.165) is 29.0 Å². The Labute approximate surface area is 107 Å². The molecule has 0 spiro atoms. The molecule has 0 atom stereocenters. The van der Waals surface area contributed by atoms with E-state index in [1.807, 2.05) is 4.68 Å². The quantitative estimate of drug-likeness (QED) is 0.826. The summed E-state index contributed by atoms with van der Waals surface area (Å²) in [6, 6.07) is 2.11. The first-order valence-corrected chi connectivity index (χ1v) is 6.21. The molecule has 0 saturated heterocycles. The van der Waals surface area contributed by atoms with E-state index in [2.05, 4.69) is 37.3 Å². The number of rotatable bonds is 2. The fraction of sp³-hybridized carbons (Fsp3) is 0.500. The van der Waals surface area contributed by atoms with Gasteiger partial charge in [0.1, 0.15) is 12.4 Å². The Hall–Kier alpha value is -1.21. The summed E-state index contributed by atoms with van der Waals surface area (Å²) in [5.41, 5.74) is 3.14. The Balaban J connectivity index is 1.85. The summed E-state index contributed by atoms with van der Waals surface area (Å²) < 4.78 is 8.03. The molecule has 0 bridgehead atoms. The molecule has 0 unspecified atom stereocenters. The minimum atomic E-state index is 0.553. The second-order valence-corrected chi connectivity index (χ2v) is 4.77. The molecular formula is C10H12BrN5O. The minimum Gasteiger partial charge on any atom is -0.359 e. The van der Waals surface area contributed by atoms with Gasteiger partial charge in [0.25, 0.3) is 0 Å². The Bertz CT molecular complexity index is 523. The molecule has 0 radical (unpaired) electrons. The number of aromatic nitrogens is 5. The van der Waals surface area contributed by atoms with Gasteiger partial charge < -0.3 is 4.74 Å². The lowest BCUT2D eigenvalue weighted by atomic mass is 10.2. The lowest BCUT2D eigenvalue weighted by molar-refractivity contribution is 0.0477. The lowest BCUT2D eigenvalue weighted by Crippen LogP contribution is -2.16. The molecule has 0 saturated carbocycles. The highest BCUT2D eigenvalue weighted by atomic mass is 79.9. The summed E-state index contributed by atoms with van der Waals surface area (Å²) in [7, 11) is 1.81. The molecule has 0 aliphatic carbocycles. The molecule has 90 valence electrons. The topological polar surface area (TPSA) is 57.8 Å². The van der Waals surface area contributed by atoms with E-state index in [0.29, 0.717) is 13.2 Å². The third-order valence-electron chi connectivity index (χ3n) is 2.71. The average Bonchev–Trinajstić information content (AvgIpc) is 2.82. The highest BCUT2D eigenvalue weighted by molar-refractivity contribution is 9.10. The van der Waals surface area contributed by atoms with Crippen molar-refractivity contribution < 1.29 is 4.74 Å². The van der Waals surface area contributed by atoms with Gasteiger partial charge in [-0.3, -0.25) is 0 Å². The number of aryl methyl sites for hydroxylation is 1. The first kappa shape index (κ1) is 10.9. The van der Waals surface area contributed by atoms with Crippen LogP contribution in [0.2, 0.25) is 0 Å². The van der Waals surface area contributed by atoms with E-state index in [1.54, 1.807) is 11.8 Å². The van der Waals surface area contributed by atoms with Gasteiger partial charge in [0.05, 0.1) is 12.3 Å². The number of ether oxygens (including phenoxy) is 1. The van der Waals surface area contributed by atoms with E-state index < -0.39 is 0 Å². The summed E-state index contributed by atoms with van der Waals surface area (Å²) in [5, 5.41) is 12.9. The molecule has 0 amide bonds. The number of fused-ring (bicyclic) bond motifs is 1. The zero-order valence-electron chi connectivity index (χ0n) is 9.43. The van der Waals surface area contributed by atoms with Gasteiger partial charge >= 0.3 is 0 Å².